The predicted octanol–water partition coefficient (Wildman–Crippen LogP) is 3.18. The number of rotatable bonds is 6. The van der Waals surface area contributed by atoms with Crippen LogP contribution in [0.4, 0.5) is 0 Å². The number of likely N-dealkylation sites (N-methyl/N-ethyl adjacent to an activating group) is 1. The second-order valence-electron chi connectivity index (χ2n) is 6.90. The highest BCUT2D eigenvalue weighted by molar-refractivity contribution is 7.09. The van der Waals surface area contributed by atoms with E-state index in [0.29, 0.717) is 5.92 Å². The molecule has 1 saturated heterocycles. The van der Waals surface area contributed by atoms with E-state index in [4.69, 9.17) is 4.98 Å². The van der Waals surface area contributed by atoms with Crippen molar-refractivity contribution in [3.8, 4) is 0 Å². The fraction of sp³-hybridized carbons (Fsp3) is 0.812. The zero-order valence-electron chi connectivity index (χ0n) is 13.0. The van der Waals surface area contributed by atoms with E-state index in [2.05, 4.69) is 36.1 Å². The second-order valence-corrected chi connectivity index (χ2v) is 7.79. The summed E-state index contributed by atoms with van der Waals surface area (Å²) < 4.78 is 0. The Balaban J connectivity index is 1.43. The Kier molecular flexibility index (Phi) is 4.43. The van der Waals surface area contributed by atoms with Gasteiger partial charge in [0.1, 0.15) is 0 Å². The third-order valence-electron chi connectivity index (χ3n) is 4.79. The van der Waals surface area contributed by atoms with Crippen molar-refractivity contribution in [2.75, 3.05) is 26.7 Å². The third kappa shape index (κ3) is 3.23. The molecule has 0 N–H and O–H groups in total. The molecule has 1 aliphatic carbocycles. The van der Waals surface area contributed by atoms with Crippen LogP contribution < -0.4 is 0 Å². The van der Waals surface area contributed by atoms with Gasteiger partial charge in [-0.05, 0) is 32.2 Å². The van der Waals surface area contributed by atoms with E-state index < -0.39 is 0 Å². The van der Waals surface area contributed by atoms with Crippen molar-refractivity contribution < 1.29 is 0 Å². The van der Waals surface area contributed by atoms with Crippen LogP contribution in [0.15, 0.2) is 5.38 Å². The quantitative estimate of drug-likeness (QED) is 0.803. The highest BCUT2D eigenvalue weighted by Gasteiger charge is 2.37. The molecule has 0 amide bonds. The van der Waals surface area contributed by atoms with Gasteiger partial charge in [0.2, 0.25) is 0 Å². The van der Waals surface area contributed by atoms with Crippen molar-refractivity contribution in [2.24, 2.45) is 5.92 Å². The zero-order chi connectivity index (χ0) is 14.1. The molecule has 4 heteroatoms. The Labute approximate surface area is 127 Å². The number of fused-ring (bicyclic) bond motifs is 2. The smallest absolute Gasteiger partial charge is 0.0954 e. The lowest BCUT2D eigenvalue weighted by molar-refractivity contribution is 0.181. The minimum atomic E-state index is 0.555. The molecule has 112 valence electrons. The first-order chi connectivity index (χ1) is 9.61. The van der Waals surface area contributed by atoms with Crippen molar-refractivity contribution in [2.45, 2.75) is 51.6 Å². The van der Waals surface area contributed by atoms with Crippen LogP contribution in [0, 0.1) is 5.92 Å². The van der Waals surface area contributed by atoms with Gasteiger partial charge in [-0.3, -0.25) is 9.80 Å². The summed E-state index contributed by atoms with van der Waals surface area (Å²) in [6.07, 6.45) is 4.39. The van der Waals surface area contributed by atoms with Crippen LogP contribution in [0.5, 0.6) is 0 Å². The van der Waals surface area contributed by atoms with Gasteiger partial charge in [-0.2, -0.15) is 0 Å². The maximum absolute atomic E-state index is 4.73. The van der Waals surface area contributed by atoms with Gasteiger partial charge in [-0.15, -0.1) is 11.3 Å². The summed E-state index contributed by atoms with van der Waals surface area (Å²) in [4.78, 5) is 9.87. The Morgan fingerprint density at radius 2 is 2.30 bits per heavy atom. The van der Waals surface area contributed by atoms with Gasteiger partial charge in [-0.25, -0.2) is 4.98 Å². The van der Waals surface area contributed by atoms with Crippen molar-refractivity contribution in [1.29, 1.82) is 0 Å². The monoisotopic (exact) mass is 293 g/mol. The van der Waals surface area contributed by atoms with Crippen LogP contribution >= 0.6 is 11.3 Å². The lowest BCUT2D eigenvalue weighted by Crippen LogP contribution is -2.38. The number of piperidine rings is 1. The lowest BCUT2D eigenvalue weighted by Gasteiger charge is -2.28. The molecule has 1 aromatic heterocycles. The highest BCUT2D eigenvalue weighted by Crippen LogP contribution is 2.36. The molecule has 0 radical (unpaired) electrons. The van der Waals surface area contributed by atoms with E-state index in [9.17, 15) is 0 Å². The number of hydrogen-bond donors (Lipinski definition) is 0. The number of thiazole rings is 1. The molecular weight excluding hydrogens is 266 g/mol. The normalized spacial score (nSPS) is 26.2. The molecule has 3 nitrogen and oxygen atoms in total. The average Bonchev–Trinajstić information content (AvgIpc) is 3.11. The summed E-state index contributed by atoms with van der Waals surface area (Å²) in [6, 6.07) is 0.903. The summed E-state index contributed by atoms with van der Waals surface area (Å²) in [5, 5.41) is 3.49. The zero-order valence-corrected chi connectivity index (χ0v) is 13.8. The average molecular weight is 293 g/mol. The summed E-state index contributed by atoms with van der Waals surface area (Å²) in [5.74, 6) is 1.57. The fourth-order valence-corrected chi connectivity index (χ4v) is 4.44. The molecule has 0 spiro atoms. The van der Waals surface area contributed by atoms with Gasteiger partial charge in [0.15, 0.2) is 0 Å². The minimum Gasteiger partial charge on any atom is -0.299 e. The van der Waals surface area contributed by atoms with Gasteiger partial charge in [0.25, 0.3) is 0 Å². The largest absolute Gasteiger partial charge is 0.299 e. The maximum atomic E-state index is 4.73. The number of aromatic nitrogens is 1. The van der Waals surface area contributed by atoms with E-state index in [0.717, 1.165) is 25.0 Å². The minimum absolute atomic E-state index is 0.555. The van der Waals surface area contributed by atoms with Gasteiger partial charge in [-0.1, -0.05) is 13.8 Å². The molecule has 3 rings (SSSR count). The van der Waals surface area contributed by atoms with Gasteiger partial charge >= 0.3 is 0 Å². The first kappa shape index (κ1) is 14.5. The van der Waals surface area contributed by atoms with Gasteiger partial charge < -0.3 is 0 Å². The first-order valence-electron chi connectivity index (χ1n) is 7.98. The highest BCUT2D eigenvalue weighted by atomic mass is 32.1. The molecular formula is C16H27N3S. The van der Waals surface area contributed by atoms with Crippen molar-refractivity contribution in [3.63, 3.8) is 0 Å². The van der Waals surface area contributed by atoms with Crippen molar-refractivity contribution >= 4 is 11.3 Å². The Morgan fingerprint density at radius 1 is 1.45 bits per heavy atom. The standard InChI is InChI=1S/C16H27N3S/c1-12(2)16-17-14(11-20-16)10-18(3)6-7-19-9-13-4-5-15(19)8-13/h11-13,15H,4-10H2,1-3H3/t13-,15+/m0/s1. The maximum Gasteiger partial charge on any atom is 0.0954 e. The van der Waals surface area contributed by atoms with Gasteiger partial charge in [0, 0.05) is 43.5 Å². The molecule has 2 fully saturated rings. The molecule has 20 heavy (non-hydrogen) atoms. The SMILES string of the molecule is CC(C)c1nc(CN(C)CCN2C[C@H]3CC[C@@H]2C3)cs1. The lowest BCUT2D eigenvalue weighted by atomic mass is 10.1. The summed E-state index contributed by atoms with van der Waals surface area (Å²) in [7, 11) is 2.22. The van der Waals surface area contributed by atoms with E-state index >= 15 is 0 Å². The third-order valence-corrected chi connectivity index (χ3v) is 5.98. The van der Waals surface area contributed by atoms with Crippen LogP contribution in [-0.2, 0) is 6.54 Å². The molecule has 2 aliphatic rings. The van der Waals surface area contributed by atoms with Crippen LogP contribution in [0.3, 0.4) is 0 Å². The van der Waals surface area contributed by atoms with Crippen molar-refractivity contribution in [3.05, 3.63) is 16.1 Å². The number of nitrogens with zero attached hydrogens (tertiary/aromatic N) is 3. The molecule has 0 aromatic carbocycles. The molecule has 2 atom stereocenters. The molecule has 2 heterocycles. The fourth-order valence-electron chi connectivity index (χ4n) is 3.62. The predicted molar refractivity (Wildman–Crippen MR) is 85.2 cm³/mol. The molecule has 1 saturated carbocycles. The molecule has 1 aromatic rings. The Bertz CT molecular complexity index is 443. The Morgan fingerprint density at radius 3 is 2.90 bits per heavy atom. The van der Waals surface area contributed by atoms with E-state index in [1.54, 1.807) is 11.3 Å². The van der Waals surface area contributed by atoms with E-state index in [1.165, 1.54) is 43.1 Å². The van der Waals surface area contributed by atoms with Crippen LogP contribution in [0.1, 0.15) is 49.7 Å². The summed E-state index contributed by atoms with van der Waals surface area (Å²) in [5.41, 5.74) is 1.24. The van der Waals surface area contributed by atoms with Crippen LogP contribution in [0.25, 0.3) is 0 Å². The summed E-state index contributed by atoms with van der Waals surface area (Å²) in [6.45, 7) is 9.18. The molecule has 2 bridgehead atoms. The van der Waals surface area contributed by atoms with Crippen LogP contribution in [0.2, 0.25) is 0 Å². The van der Waals surface area contributed by atoms with E-state index in [-0.39, 0.29) is 0 Å². The van der Waals surface area contributed by atoms with Crippen molar-refractivity contribution in [1.82, 2.24) is 14.8 Å². The van der Waals surface area contributed by atoms with Gasteiger partial charge in [0.05, 0.1) is 10.7 Å². The number of likely N-dealkylation sites (tertiary alicyclic amines) is 1. The van der Waals surface area contributed by atoms with Crippen LogP contribution in [-0.4, -0.2) is 47.5 Å². The Hall–Kier alpha value is -0.450. The molecule has 0 unspecified atom stereocenters. The second kappa shape index (κ2) is 6.12. The topological polar surface area (TPSA) is 19.4 Å². The number of hydrogen-bond acceptors (Lipinski definition) is 4. The summed E-state index contributed by atoms with van der Waals surface area (Å²) >= 11 is 1.80. The molecule has 1 aliphatic heterocycles. The first-order valence-corrected chi connectivity index (χ1v) is 8.86. The van der Waals surface area contributed by atoms with E-state index in [1.807, 2.05) is 0 Å².